The number of carbonyl (C=O) groups excluding carboxylic acids is 1. The molecule has 8 rings (SSSR count). The van der Waals surface area contributed by atoms with Gasteiger partial charge in [-0.1, -0.05) is 13.8 Å². The fraction of sp³-hybridized carbons (Fsp3) is 0.927. The van der Waals surface area contributed by atoms with Gasteiger partial charge < -0.3 is 63.8 Å². The Morgan fingerprint density at radius 3 is 1.87 bits per heavy atom. The van der Waals surface area contributed by atoms with E-state index in [2.05, 4.69) is 13.8 Å². The van der Waals surface area contributed by atoms with Crippen LogP contribution in [0.1, 0.15) is 105 Å². The number of rotatable bonds is 7. The van der Waals surface area contributed by atoms with Crippen LogP contribution in [-0.4, -0.2) is 135 Å². The van der Waals surface area contributed by atoms with Crippen LogP contribution >= 0.6 is 0 Å². The van der Waals surface area contributed by atoms with Crippen molar-refractivity contribution in [2.45, 2.75) is 197 Å². The third-order valence-corrected chi connectivity index (χ3v) is 15.8. The molecule has 0 aromatic rings. The maximum absolute atomic E-state index is 12.6. The van der Waals surface area contributed by atoms with Crippen LogP contribution in [0.5, 0.6) is 0 Å². The number of fused-ring (bicyclic) bond motifs is 5. The average Bonchev–Trinajstić information content (AvgIpc) is 3.62. The van der Waals surface area contributed by atoms with E-state index in [1.54, 1.807) is 13.8 Å². The number of hydrogen-bond donors (Lipinski definition) is 6. The monoisotopic (exact) mass is 780 g/mol. The zero-order valence-electron chi connectivity index (χ0n) is 32.9. The van der Waals surface area contributed by atoms with Gasteiger partial charge in [-0.15, -0.1) is 0 Å². The Morgan fingerprint density at radius 2 is 1.29 bits per heavy atom. The molecule has 4 heterocycles. The van der Waals surface area contributed by atoms with Gasteiger partial charge in [0.15, 0.2) is 18.9 Å². The Hall–Kier alpha value is -1.27. The summed E-state index contributed by atoms with van der Waals surface area (Å²) in [4.78, 5) is 12.0. The summed E-state index contributed by atoms with van der Waals surface area (Å²) in [6.45, 7) is 9.98. The van der Waals surface area contributed by atoms with Gasteiger partial charge in [-0.3, -0.25) is 0 Å². The van der Waals surface area contributed by atoms with Crippen LogP contribution in [0.3, 0.4) is 0 Å². The molecular weight excluding hydrogens is 716 g/mol. The zero-order valence-corrected chi connectivity index (χ0v) is 32.9. The second-order valence-corrected chi connectivity index (χ2v) is 18.9. The standard InChI is InChI=1S/C41H64O14/c1-19-36(47)27(42)14-33(50-19)54-38-21(3)52-34(16-29(38)44)55-37-20(2)51-32(15-28(37)43)53-24-8-10-39(4)23(13-24)6-7-26-25(39)9-11-40(5)35(22-12-31(46)49-18-22)30(45)17-41(26,40)48/h12,19-21,23-30,32-38,42-45,47-48H,6-11,13-18H2,1-5H3/t19?,20?,21?,23-,24+,25+,26-,27?,28?,29?,30+,32?,33?,34?,35+,36?,37?,38?,39+,40-,41+/m1/s1. The van der Waals surface area contributed by atoms with Crippen LogP contribution in [0.15, 0.2) is 11.6 Å². The Balaban J connectivity index is 0.834. The summed E-state index contributed by atoms with van der Waals surface area (Å²) >= 11 is 0. The van der Waals surface area contributed by atoms with Crippen molar-refractivity contribution >= 4 is 5.97 Å². The lowest BCUT2D eigenvalue weighted by Gasteiger charge is -2.63. The minimum absolute atomic E-state index is 0.0203. The summed E-state index contributed by atoms with van der Waals surface area (Å²) in [6.07, 6.45) is -1.26. The highest BCUT2D eigenvalue weighted by Crippen LogP contribution is 2.70. The Kier molecular flexibility index (Phi) is 11.1. The van der Waals surface area contributed by atoms with Crippen LogP contribution in [0.25, 0.3) is 0 Å². The third kappa shape index (κ3) is 7.05. The van der Waals surface area contributed by atoms with E-state index in [0.29, 0.717) is 18.3 Å². The summed E-state index contributed by atoms with van der Waals surface area (Å²) in [5.74, 6) is 0.174. The van der Waals surface area contributed by atoms with Crippen LogP contribution < -0.4 is 0 Å². The number of esters is 1. The molecule has 0 amide bonds. The van der Waals surface area contributed by atoms with E-state index in [1.807, 2.05) is 6.92 Å². The SMILES string of the molecule is CC1OC(OC2C(O)CC(OC3C(O)CC(O[C@H]4CC[C@@]5(C)[C@H](CC[C@@H]6[C@@H]5CC[C@]5(C)[C@@H](C7=CC(=O)OC7)[C@@H](O)C[C@]65O)C4)OC3C)OC2C)CC(O)C1O. The van der Waals surface area contributed by atoms with Crippen molar-refractivity contribution in [3.05, 3.63) is 11.6 Å². The first-order valence-corrected chi connectivity index (χ1v) is 20.9. The first-order valence-electron chi connectivity index (χ1n) is 20.9. The molecule has 21 atom stereocenters. The second-order valence-electron chi connectivity index (χ2n) is 18.9. The summed E-state index contributed by atoms with van der Waals surface area (Å²) < 4.78 is 42.1. The molecular formula is C41H64O14. The van der Waals surface area contributed by atoms with Crippen LogP contribution in [0.2, 0.25) is 0 Å². The molecule has 0 bridgehead atoms. The number of carbonyl (C=O) groups is 1. The van der Waals surface area contributed by atoms with E-state index in [0.717, 1.165) is 50.5 Å². The summed E-state index contributed by atoms with van der Waals surface area (Å²) in [5.41, 5.74) is -0.686. The van der Waals surface area contributed by atoms with Gasteiger partial charge in [-0.05, 0) is 94.5 Å². The molecule has 6 N–H and O–H groups in total. The van der Waals surface area contributed by atoms with E-state index in [4.69, 9.17) is 33.2 Å². The van der Waals surface area contributed by atoms with E-state index >= 15 is 0 Å². The van der Waals surface area contributed by atoms with Crippen molar-refractivity contribution in [1.82, 2.24) is 0 Å². The van der Waals surface area contributed by atoms with Crippen molar-refractivity contribution in [3.63, 3.8) is 0 Å². The number of cyclic esters (lactones) is 1. The Morgan fingerprint density at radius 1 is 0.691 bits per heavy atom. The van der Waals surface area contributed by atoms with Crippen molar-refractivity contribution in [2.24, 2.45) is 34.5 Å². The van der Waals surface area contributed by atoms with Crippen molar-refractivity contribution in [3.8, 4) is 0 Å². The van der Waals surface area contributed by atoms with Gasteiger partial charge >= 0.3 is 5.97 Å². The first-order chi connectivity index (χ1) is 26.0. The summed E-state index contributed by atoms with van der Waals surface area (Å²) in [7, 11) is 0. The molecule has 4 saturated carbocycles. The van der Waals surface area contributed by atoms with Gasteiger partial charge in [0.05, 0.1) is 54.4 Å². The van der Waals surface area contributed by atoms with Gasteiger partial charge in [0.25, 0.3) is 0 Å². The molecule has 0 radical (unpaired) electrons. The van der Waals surface area contributed by atoms with Crippen molar-refractivity contribution < 1.29 is 68.6 Å². The van der Waals surface area contributed by atoms with Crippen LogP contribution in [0, 0.1) is 34.5 Å². The highest BCUT2D eigenvalue weighted by Gasteiger charge is 2.70. The predicted octanol–water partition coefficient (Wildman–Crippen LogP) is 2.22. The maximum Gasteiger partial charge on any atom is 0.331 e. The topological polar surface area (TPSA) is 203 Å². The molecule has 14 nitrogen and oxygen atoms in total. The first kappa shape index (κ1) is 40.5. The molecule has 4 aliphatic heterocycles. The average molecular weight is 781 g/mol. The molecule has 3 saturated heterocycles. The van der Waals surface area contributed by atoms with Gasteiger partial charge in [-0.2, -0.15) is 0 Å². The number of aliphatic hydroxyl groups is 6. The number of hydrogen-bond acceptors (Lipinski definition) is 14. The highest BCUT2D eigenvalue weighted by atomic mass is 16.7. The van der Waals surface area contributed by atoms with Gasteiger partial charge in [0, 0.05) is 43.1 Å². The molecule has 12 unspecified atom stereocenters. The van der Waals surface area contributed by atoms with Crippen molar-refractivity contribution in [2.75, 3.05) is 6.61 Å². The van der Waals surface area contributed by atoms with Crippen molar-refractivity contribution in [1.29, 1.82) is 0 Å². The summed E-state index contributed by atoms with van der Waals surface area (Å²) in [6, 6.07) is 0. The largest absolute Gasteiger partial charge is 0.458 e. The molecule has 55 heavy (non-hydrogen) atoms. The van der Waals surface area contributed by atoms with E-state index in [1.165, 1.54) is 6.08 Å². The molecule has 8 aliphatic rings. The van der Waals surface area contributed by atoms with Crippen LogP contribution in [-0.2, 0) is 38.0 Å². The van der Waals surface area contributed by atoms with Crippen LogP contribution in [0.4, 0.5) is 0 Å². The molecule has 0 spiro atoms. The minimum atomic E-state index is -1.01. The molecule has 0 aromatic carbocycles. The quantitative estimate of drug-likeness (QED) is 0.162. The minimum Gasteiger partial charge on any atom is -0.458 e. The highest BCUT2D eigenvalue weighted by molar-refractivity contribution is 5.85. The smallest absolute Gasteiger partial charge is 0.331 e. The number of aliphatic hydroxyl groups excluding tert-OH is 5. The number of ether oxygens (including phenoxy) is 7. The second kappa shape index (κ2) is 15.1. The van der Waals surface area contributed by atoms with Gasteiger partial charge in [0.1, 0.15) is 24.9 Å². The van der Waals surface area contributed by atoms with E-state index in [9.17, 15) is 35.4 Å². The molecule has 0 aromatic heterocycles. The Bertz CT molecular complexity index is 1410. The normalized spacial score (nSPS) is 55.5. The molecule has 14 heteroatoms. The molecule has 312 valence electrons. The lowest BCUT2D eigenvalue weighted by molar-refractivity contribution is -0.336. The maximum atomic E-state index is 12.6. The van der Waals surface area contributed by atoms with Gasteiger partial charge in [-0.25, -0.2) is 4.79 Å². The molecule has 4 aliphatic carbocycles. The fourth-order valence-corrected chi connectivity index (χ4v) is 12.9. The van der Waals surface area contributed by atoms with E-state index < -0.39 is 90.9 Å². The third-order valence-electron chi connectivity index (χ3n) is 15.8. The lowest BCUT2D eigenvalue weighted by Crippen LogP contribution is -2.62. The lowest BCUT2D eigenvalue weighted by atomic mass is 9.43. The summed E-state index contributed by atoms with van der Waals surface area (Å²) in [5, 5.41) is 66.3. The molecule has 7 fully saturated rings. The predicted molar refractivity (Wildman–Crippen MR) is 193 cm³/mol. The van der Waals surface area contributed by atoms with E-state index in [-0.39, 0.29) is 55.2 Å². The fourth-order valence-electron chi connectivity index (χ4n) is 12.9. The zero-order chi connectivity index (χ0) is 39.2. The Labute approximate surface area is 323 Å². The van der Waals surface area contributed by atoms with Gasteiger partial charge in [0.2, 0.25) is 0 Å².